The molecule has 0 atom stereocenters. The standard InChI is InChI=1S/C18H23N3O4/c1-18(2,3)25-17(24)19-7-8-21-12-15(11-20-21)14-6-4-5-13(9-14)10-16(22)23/h4-6,9,11-12H,7-8,10H2,1-3H3,(H,19,24)(H,22,23). The zero-order valence-corrected chi connectivity index (χ0v) is 14.7. The number of nitrogens with zero attached hydrogens (tertiary/aromatic N) is 2. The molecule has 25 heavy (non-hydrogen) atoms. The molecule has 7 heteroatoms. The summed E-state index contributed by atoms with van der Waals surface area (Å²) in [5.74, 6) is -0.860. The highest BCUT2D eigenvalue weighted by molar-refractivity contribution is 5.72. The molecule has 0 radical (unpaired) electrons. The molecule has 0 unspecified atom stereocenters. The minimum absolute atomic E-state index is 0.0121. The second kappa shape index (κ2) is 7.83. The van der Waals surface area contributed by atoms with Crippen LogP contribution in [0.5, 0.6) is 0 Å². The smallest absolute Gasteiger partial charge is 0.407 e. The number of benzene rings is 1. The molecule has 0 fully saturated rings. The van der Waals surface area contributed by atoms with E-state index in [-0.39, 0.29) is 6.42 Å². The van der Waals surface area contributed by atoms with Crippen molar-refractivity contribution in [1.82, 2.24) is 15.1 Å². The molecule has 0 saturated heterocycles. The molecular formula is C18H23N3O4. The lowest BCUT2D eigenvalue weighted by Crippen LogP contribution is -2.34. The molecule has 1 aromatic heterocycles. The van der Waals surface area contributed by atoms with Crippen LogP contribution < -0.4 is 5.32 Å². The average molecular weight is 345 g/mol. The maximum Gasteiger partial charge on any atom is 0.407 e. The van der Waals surface area contributed by atoms with Gasteiger partial charge in [-0.1, -0.05) is 24.3 Å². The first-order valence-corrected chi connectivity index (χ1v) is 8.03. The van der Waals surface area contributed by atoms with Crippen molar-refractivity contribution < 1.29 is 19.4 Å². The summed E-state index contributed by atoms with van der Waals surface area (Å²) in [5.41, 5.74) is 2.02. The van der Waals surface area contributed by atoms with E-state index in [0.717, 1.165) is 16.7 Å². The van der Waals surface area contributed by atoms with E-state index >= 15 is 0 Å². The summed E-state index contributed by atoms with van der Waals surface area (Å²) in [6, 6.07) is 7.36. The molecule has 2 N–H and O–H groups in total. The highest BCUT2D eigenvalue weighted by Crippen LogP contribution is 2.20. The van der Waals surface area contributed by atoms with Gasteiger partial charge in [0.05, 0.1) is 19.2 Å². The topological polar surface area (TPSA) is 93.5 Å². The van der Waals surface area contributed by atoms with Gasteiger partial charge in [-0.15, -0.1) is 0 Å². The Morgan fingerprint density at radius 1 is 1.28 bits per heavy atom. The van der Waals surface area contributed by atoms with Crippen molar-refractivity contribution in [3.8, 4) is 11.1 Å². The monoisotopic (exact) mass is 345 g/mol. The normalized spacial score (nSPS) is 11.2. The largest absolute Gasteiger partial charge is 0.481 e. The number of hydrogen-bond donors (Lipinski definition) is 2. The number of carbonyl (C=O) groups is 2. The summed E-state index contributed by atoms with van der Waals surface area (Å²) in [6.45, 7) is 6.34. The van der Waals surface area contributed by atoms with Crippen molar-refractivity contribution in [2.45, 2.75) is 39.3 Å². The summed E-state index contributed by atoms with van der Waals surface area (Å²) in [6.07, 6.45) is 3.10. The number of aromatic nitrogens is 2. The van der Waals surface area contributed by atoms with E-state index in [9.17, 15) is 9.59 Å². The summed E-state index contributed by atoms with van der Waals surface area (Å²) >= 11 is 0. The van der Waals surface area contributed by atoms with Gasteiger partial charge in [-0.25, -0.2) is 4.79 Å². The predicted octanol–water partition coefficient (Wildman–Crippen LogP) is 2.70. The van der Waals surface area contributed by atoms with Crippen LogP contribution in [0.4, 0.5) is 4.79 Å². The third-order valence-corrected chi connectivity index (χ3v) is 3.26. The summed E-state index contributed by atoms with van der Waals surface area (Å²) < 4.78 is 6.89. The number of carboxylic acid groups (broad SMARTS) is 1. The Hall–Kier alpha value is -2.83. The Kier molecular flexibility index (Phi) is 5.80. The Morgan fingerprint density at radius 2 is 2.04 bits per heavy atom. The molecule has 0 aliphatic rings. The van der Waals surface area contributed by atoms with Gasteiger partial charge in [0.15, 0.2) is 0 Å². The van der Waals surface area contributed by atoms with Gasteiger partial charge in [0.2, 0.25) is 0 Å². The summed E-state index contributed by atoms with van der Waals surface area (Å²) in [5, 5.41) is 15.8. The van der Waals surface area contributed by atoms with E-state index in [1.54, 1.807) is 16.9 Å². The lowest BCUT2D eigenvalue weighted by molar-refractivity contribution is -0.136. The minimum atomic E-state index is -0.860. The number of nitrogens with one attached hydrogen (secondary N) is 1. The molecule has 0 bridgehead atoms. The summed E-state index contributed by atoms with van der Waals surface area (Å²) in [4.78, 5) is 22.4. The van der Waals surface area contributed by atoms with E-state index in [4.69, 9.17) is 9.84 Å². The molecule has 1 heterocycles. The number of ether oxygens (including phenoxy) is 1. The Morgan fingerprint density at radius 3 is 2.72 bits per heavy atom. The van der Waals surface area contributed by atoms with Crippen LogP contribution in [0.15, 0.2) is 36.7 Å². The number of aliphatic carboxylic acids is 1. The van der Waals surface area contributed by atoms with Gasteiger partial charge in [0.1, 0.15) is 5.60 Å². The Labute approximate surface area is 146 Å². The van der Waals surface area contributed by atoms with E-state index < -0.39 is 17.7 Å². The Bertz CT molecular complexity index is 747. The lowest BCUT2D eigenvalue weighted by atomic mass is 10.0. The minimum Gasteiger partial charge on any atom is -0.481 e. The molecule has 1 amide bonds. The zero-order valence-electron chi connectivity index (χ0n) is 14.7. The van der Waals surface area contributed by atoms with Crippen LogP contribution in [0.2, 0.25) is 0 Å². The first kappa shape index (κ1) is 18.5. The molecule has 0 aliphatic heterocycles. The van der Waals surface area contributed by atoms with Gasteiger partial charge < -0.3 is 15.2 Å². The molecule has 7 nitrogen and oxygen atoms in total. The van der Waals surface area contributed by atoms with Crippen molar-refractivity contribution in [2.75, 3.05) is 6.54 Å². The van der Waals surface area contributed by atoms with Gasteiger partial charge in [0.25, 0.3) is 0 Å². The van der Waals surface area contributed by atoms with Gasteiger partial charge in [-0.3, -0.25) is 9.48 Å². The first-order valence-electron chi connectivity index (χ1n) is 8.03. The number of amides is 1. The molecule has 0 saturated carbocycles. The fraction of sp³-hybridized carbons (Fsp3) is 0.389. The number of carbonyl (C=O) groups excluding carboxylic acids is 1. The molecule has 1 aromatic carbocycles. The molecule has 0 aliphatic carbocycles. The molecule has 134 valence electrons. The third-order valence-electron chi connectivity index (χ3n) is 3.26. The number of rotatable bonds is 6. The Balaban J connectivity index is 1.92. The number of alkyl carbamates (subject to hydrolysis) is 1. The quantitative estimate of drug-likeness (QED) is 0.839. The fourth-order valence-electron chi connectivity index (χ4n) is 2.26. The van der Waals surface area contributed by atoms with Crippen LogP contribution in [0, 0.1) is 0 Å². The van der Waals surface area contributed by atoms with Crippen LogP contribution in [-0.4, -0.2) is 39.1 Å². The molecule has 0 spiro atoms. The van der Waals surface area contributed by atoms with E-state index in [2.05, 4.69) is 10.4 Å². The highest BCUT2D eigenvalue weighted by atomic mass is 16.6. The first-order chi connectivity index (χ1) is 11.7. The molecular weight excluding hydrogens is 322 g/mol. The maximum atomic E-state index is 11.6. The van der Waals surface area contributed by atoms with E-state index in [0.29, 0.717) is 13.1 Å². The third kappa shape index (κ3) is 6.29. The fourth-order valence-corrected chi connectivity index (χ4v) is 2.26. The van der Waals surface area contributed by atoms with E-state index in [1.165, 1.54) is 0 Å². The number of hydrogen-bond acceptors (Lipinski definition) is 4. The molecule has 2 rings (SSSR count). The van der Waals surface area contributed by atoms with Crippen LogP contribution >= 0.6 is 0 Å². The van der Waals surface area contributed by atoms with Crippen LogP contribution in [0.1, 0.15) is 26.3 Å². The van der Waals surface area contributed by atoms with Gasteiger partial charge >= 0.3 is 12.1 Å². The summed E-state index contributed by atoms with van der Waals surface area (Å²) in [7, 11) is 0. The van der Waals surface area contributed by atoms with Crippen molar-refractivity contribution >= 4 is 12.1 Å². The number of carboxylic acids is 1. The highest BCUT2D eigenvalue weighted by Gasteiger charge is 2.15. The van der Waals surface area contributed by atoms with Crippen LogP contribution in [0.3, 0.4) is 0 Å². The SMILES string of the molecule is CC(C)(C)OC(=O)NCCn1cc(-c2cccc(CC(=O)O)c2)cn1. The van der Waals surface area contributed by atoms with Crippen molar-refractivity contribution in [3.05, 3.63) is 42.2 Å². The molecule has 2 aromatic rings. The zero-order chi connectivity index (χ0) is 18.4. The van der Waals surface area contributed by atoms with Crippen LogP contribution in [0.25, 0.3) is 11.1 Å². The van der Waals surface area contributed by atoms with Crippen molar-refractivity contribution in [1.29, 1.82) is 0 Å². The second-order valence-electron chi connectivity index (χ2n) is 6.69. The van der Waals surface area contributed by atoms with Gasteiger partial charge in [-0.05, 0) is 31.9 Å². The van der Waals surface area contributed by atoms with Crippen LogP contribution in [-0.2, 0) is 22.5 Å². The maximum absolute atomic E-state index is 11.6. The van der Waals surface area contributed by atoms with Crippen molar-refractivity contribution in [3.63, 3.8) is 0 Å². The van der Waals surface area contributed by atoms with Gasteiger partial charge in [-0.2, -0.15) is 5.10 Å². The lowest BCUT2D eigenvalue weighted by Gasteiger charge is -2.19. The average Bonchev–Trinajstić information content (AvgIpc) is 2.94. The second-order valence-corrected chi connectivity index (χ2v) is 6.69. The predicted molar refractivity (Wildman–Crippen MR) is 93.2 cm³/mol. The van der Waals surface area contributed by atoms with Gasteiger partial charge in [0, 0.05) is 18.3 Å². The van der Waals surface area contributed by atoms with E-state index in [1.807, 2.05) is 45.2 Å². The van der Waals surface area contributed by atoms with Crippen molar-refractivity contribution in [2.24, 2.45) is 0 Å².